The van der Waals surface area contributed by atoms with Crippen LogP contribution in [0.25, 0.3) is 0 Å². The minimum absolute atomic E-state index is 0.556. The van der Waals surface area contributed by atoms with Crippen LogP contribution in [0.1, 0.15) is 24.0 Å². The van der Waals surface area contributed by atoms with E-state index in [1.54, 1.807) is 6.07 Å². The van der Waals surface area contributed by atoms with Gasteiger partial charge in [-0.15, -0.1) is 0 Å². The predicted molar refractivity (Wildman–Crippen MR) is 57.7 cm³/mol. The molecule has 0 atom stereocenters. The fourth-order valence-corrected chi connectivity index (χ4v) is 2.09. The van der Waals surface area contributed by atoms with Crippen molar-refractivity contribution in [2.24, 2.45) is 0 Å². The van der Waals surface area contributed by atoms with Crippen molar-refractivity contribution in [3.63, 3.8) is 0 Å². The van der Waals surface area contributed by atoms with Crippen molar-refractivity contribution >= 4 is 5.69 Å². The second kappa shape index (κ2) is 4.00. The predicted octanol–water partition coefficient (Wildman–Crippen LogP) is 3.48. The summed E-state index contributed by atoms with van der Waals surface area (Å²) in [7, 11) is 1.85. The van der Waals surface area contributed by atoms with Crippen molar-refractivity contribution in [2.45, 2.75) is 25.4 Å². The molecule has 0 spiro atoms. The van der Waals surface area contributed by atoms with E-state index in [4.69, 9.17) is 0 Å². The van der Waals surface area contributed by atoms with Crippen molar-refractivity contribution in [3.05, 3.63) is 29.3 Å². The summed E-state index contributed by atoms with van der Waals surface area (Å²) in [6.07, 6.45) is -1.30. The maximum Gasteiger partial charge on any atom is 0.416 e. The monoisotopic (exact) mass is 229 g/mol. The van der Waals surface area contributed by atoms with Crippen LogP contribution < -0.4 is 4.90 Å². The lowest BCUT2D eigenvalue weighted by atomic mass is 10.0. The van der Waals surface area contributed by atoms with E-state index in [2.05, 4.69) is 0 Å². The van der Waals surface area contributed by atoms with Gasteiger partial charge < -0.3 is 4.90 Å². The average Bonchev–Trinajstić information content (AvgIpc) is 2.39. The molecule has 0 saturated carbocycles. The van der Waals surface area contributed by atoms with E-state index in [1.807, 2.05) is 11.9 Å². The van der Waals surface area contributed by atoms with Gasteiger partial charge in [-0.3, -0.25) is 0 Å². The minimum Gasteiger partial charge on any atom is -0.374 e. The summed E-state index contributed by atoms with van der Waals surface area (Å²) in [6.45, 7) is 0.828. The molecule has 4 heteroatoms. The van der Waals surface area contributed by atoms with Gasteiger partial charge in [-0.1, -0.05) is 6.07 Å². The standard InChI is InChI=1S/C12H14F3N/c1-16-7-3-2-4-9-5-6-10(8-11(9)16)12(13,14)15/h5-6,8H,2-4,7H2,1H3. The van der Waals surface area contributed by atoms with Crippen LogP contribution in [0.5, 0.6) is 0 Å². The van der Waals surface area contributed by atoms with Crippen LogP contribution in [0, 0.1) is 0 Å². The first-order valence-electron chi connectivity index (χ1n) is 5.40. The number of alkyl halides is 3. The number of aryl methyl sites for hydroxylation is 1. The van der Waals surface area contributed by atoms with Gasteiger partial charge in [0, 0.05) is 19.3 Å². The fraction of sp³-hybridized carbons (Fsp3) is 0.500. The Morgan fingerprint density at radius 2 is 1.94 bits per heavy atom. The first-order chi connectivity index (χ1) is 7.48. The molecule has 1 aliphatic heterocycles. The summed E-state index contributed by atoms with van der Waals surface area (Å²) >= 11 is 0. The third-order valence-electron chi connectivity index (χ3n) is 3.01. The van der Waals surface area contributed by atoms with Crippen LogP contribution >= 0.6 is 0 Å². The van der Waals surface area contributed by atoms with Crippen LogP contribution in [0.15, 0.2) is 18.2 Å². The molecule has 0 fully saturated rings. The molecule has 16 heavy (non-hydrogen) atoms. The molecule has 0 saturated heterocycles. The quantitative estimate of drug-likeness (QED) is 0.658. The van der Waals surface area contributed by atoms with Gasteiger partial charge in [0.1, 0.15) is 0 Å². The lowest BCUT2D eigenvalue weighted by molar-refractivity contribution is -0.137. The molecule has 0 bridgehead atoms. The highest BCUT2D eigenvalue weighted by molar-refractivity contribution is 5.56. The number of hydrogen-bond donors (Lipinski definition) is 0. The molecule has 1 aromatic carbocycles. The fourth-order valence-electron chi connectivity index (χ4n) is 2.09. The number of hydrogen-bond acceptors (Lipinski definition) is 1. The van der Waals surface area contributed by atoms with Gasteiger partial charge in [0.15, 0.2) is 0 Å². The van der Waals surface area contributed by atoms with Crippen molar-refractivity contribution in [2.75, 3.05) is 18.5 Å². The van der Waals surface area contributed by atoms with Crippen LogP contribution in [0.4, 0.5) is 18.9 Å². The zero-order valence-corrected chi connectivity index (χ0v) is 9.14. The van der Waals surface area contributed by atoms with Gasteiger partial charge in [-0.2, -0.15) is 13.2 Å². The molecule has 1 aromatic rings. The lowest BCUT2D eigenvalue weighted by Gasteiger charge is -2.20. The SMILES string of the molecule is CN1CCCCc2ccc(C(F)(F)F)cc21. The molecule has 0 radical (unpaired) electrons. The van der Waals surface area contributed by atoms with E-state index in [0.29, 0.717) is 0 Å². The summed E-state index contributed by atoms with van der Waals surface area (Å²) < 4.78 is 37.7. The largest absolute Gasteiger partial charge is 0.416 e. The molecular formula is C12H14F3N. The van der Waals surface area contributed by atoms with Crippen LogP contribution in [-0.4, -0.2) is 13.6 Å². The minimum atomic E-state index is -4.25. The summed E-state index contributed by atoms with van der Waals surface area (Å²) in [5.74, 6) is 0. The maximum absolute atomic E-state index is 12.6. The van der Waals surface area contributed by atoms with Gasteiger partial charge in [-0.05, 0) is 37.0 Å². The van der Waals surface area contributed by atoms with Crippen LogP contribution in [0.2, 0.25) is 0 Å². The van der Waals surface area contributed by atoms with Crippen molar-refractivity contribution in [3.8, 4) is 0 Å². The number of nitrogens with zero attached hydrogens (tertiary/aromatic N) is 1. The van der Waals surface area contributed by atoms with Gasteiger partial charge in [0.05, 0.1) is 5.56 Å². The molecule has 0 N–H and O–H groups in total. The molecule has 1 heterocycles. The highest BCUT2D eigenvalue weighted by atomic mass is 19.4. The molecule has 2 rings (SSSR count). The second-order valence-electron chi connectivity index (χ2n) is 4.22. The molecule has 1 aliphatic rings. The molecule has 0 amide bonds. The summed E-state index contributed by atoms with van der Waals surface area (Å²) in [5, 5.41) is 0. The Morgan fingerprint density at radius 1 is 1.19 bits per heavy atom. The summed E-state index contributed by atoms with van der Waals surface area (Å²) in [5.41, 5.74) is 1.19. The van der Waals surface area contributed by atoms with E-state index in [9.17, 15) is 13.2 Å². The molecule has 0 aliphatic carbocycles. The number of rotatable bonds is 0. The molecule has 0 aromatic heterocycles. The van der Waals surface area contributed by atoms with E-state index < -0.39 is 11.7 Å². The Bertz CT molecular complexity index is 384. The Hall–Kier alpha value is -1.19. The number of halogens is 3. The topological polar surface area (TPSA) is 3.24 Å². The van der Waals surface area contributed by atoms with Gasteiger partial charge in [0.25, 0.3) is 0 Å². The Kier molecular flexibility index (Phi) is 2.82. The van der Waals surface area contributed by atoms with E-state index in [1.165, 1.54) is 12.1 Å². The van der Waals surface area contributed by atoms with Gasteiger partial charge in [0.2, 0.25) is 0 Å². The van der Waals surface area contributed by atoms with Crippen LogP contribution in [0.3, 0.4) is 0 Å². The van der Waals surface area contributed by atoms with Crippen molar-refractivity contribution in [1.29, 1.82) is 0 Å². The van der Waals surface area contributed by atoms with Crippen molar-refractivity contribution in [1.82, 2.24) is 0 Å². The average molecular weight is 229 g/mol. The number of fused-ring (bicyclic) bond motifs is 1. The highest BCUT2D eigenvalue weighted by Crippen LogP contribution is 2.34. The van der Waals surface area contributed by atoms with E-state index in [0.717, 1.165) is 37.1 Å². The summed E-state index contributed by atoms with van der Waals surface area (Å²) in [6, 6.07) is 4.05. The zero-order chi connectivity index (χ0) is 11.8. The Labute approximate surface area is 92.9 Å². The molecule has 88 valence electrons. The number of benzene rings is 1. The number of anilines is 1. The third-order valence-corrected chi connectivity index (χ3v) is 3.01. The smallest absolute Gasteiger partial charge is 0.374 e. The van der Waals surface area contributed by atoms with Gasteiger partial charge in [-0.25, -0.2) is 0 Å². The molecule has 1 nitrogen and oxygen atoms in total. The van der Waals surface area contributed by atoms with E-state index in [-0.39, 0.29) is 0 Å². The van der Waals surface area contributed by atoms with Crippen molar-refractivity contribution < 1.29 is 13.2 Å². The van der Waals surface area contributed by atoms with Crippen LogP contribution in [-0.2, 0) is 12.6 Å². The lowest BCUT2D eigenvalue weighted by Crippen LogP contribution is -2.18. The Balaban J connectivity index is 2.43. The molecular weight excluding hydrogens is 215 g/mol. The first-order valence-corrected chi connectivity index (χ1v) is 5.40. The van der Waals surface area contributed by atoms with E-state index >= 15 is 0 Å². The highest BCUT2D eigenvalue weighted by Gasteiger charge is 2.31. The first kappa shape index (κ1) is 11.3. The Morgan fingerprint density at radius 3 is 2.62 bits per heavy atom. The summed E-state index contributed by atoms with van der Waals surface area (Å²) in [4.78, 5) is 1.91. The molecule has 0 unspecified atom stereocenters. The maximum atomic E-state index is 12.6. The second-order valence-corrected chi connectivity index (χ2v) is 4.22. The zero-order valence-electron chi connectivity index (χ0n) is 9.14. The van der Waals surface area contributed by atoms with Gasteiger partial charge >= 0.3 is 6.18 Å². The third kappa shape index (κ3) is 2.15. The normalized spacial score (nSPS) is 16.9.